The maximum absolute atomic E-state index is 13.0. The number of aromatic nitrogens is 2. The molecule has 0 unspecified atom stereocenters. The third kappa shape index (κ3) is 2.51. The van der Waals surface area contributed by atoms with Gasteiger partial charge in [-0.1, -0.05) is 0 Å². The molecule has 114 valence electrons. The minimum absolute atomic E-state index is 0.123. The molecule has 5 heteroatoms. The number of aliphatic hydroxyl groups excluding tert-OH is 1. The molecule has 0 spiro atoms. The van der Waals surface area contributed by atoms with Crippen molar-refractivity contribution in [3.05, 3.63) is 72.5 Å². The highest BCUT2D eigenvalue weighted by Gasteiger charge is 2.08. The number of hydrogen-bond donors (Lipinski definition) is 1. The van der Waals surface area contributed by atoms with Crippen LogP contribution < -0.4 is 0 Å². The van der Waals surface area contributed by atoms with Crippen LogP contribution in [0.15, 0.2) is 65.3 Å². The number of nitrogens with zero attached hydrogens (tertiary/aromatic N) is 2. The van der Waals surface area contributed by atoms with E-state index in [1.165, 1.54) is 12.1 Å². The van der Waals surface area contributed by atoms with Crippen molar-refractivity contribution in [2.24, 2.45) is 0 Å². The first-order valence-corrected chi connectivity index (χ1v) is 7.17. The summed E-state index contributed by atoms with van der Waals surface area (Å²) >= 11 is 0. The Morgan fingerprint density at radius 2 is 1.74 bits per heavy atom. The minimum Gasteiger partial charge on any atom is -0.459 e. The van der Waals surface area contributed by atoms with Crippen molar-refractivity contribution in [1.29, 1.82) is 0 Å². The van der Waals surface area contributed by atoms with Gasteiger partial charge >= 0.3 is 0 Å². The summed E-state index contributed by atoms with van der Waals surface area (Å²) in [6, 6.07) is 13.6. The molecule has 0 amide bonds. The second kappa shape index (κ2) is 5.37. The summed E-state index contributed by atoms with van der Waals surface area (Å²) < 4.78 is 20.5. The second-order valence-electron chi connectivity index (χ2n) is 5.24. The van der Waals surface area contributed by atoms with Gasteiger partial charge in [-0.2, -0.15) is 0 Å². The van der Waals surface area contributed by atoms with Crippen molar-refractivity contribution < 1.29 is 13.9 Å². The van der Waals surface area contributed by atoms with Gasteiger partial charge in [-0.3, -0.25) is 0 Å². The lowest BCUT2D eigenvalue weighted by Gasteiger charge is -1.98. The van der Waals surface area contributed by atoms with Crippen molar-refractivity contribution in [3.63, 3.8) is 0 Å². The molecular formula is C18H13FN2O2. The van der Waals surface area contributed by atoms with E-state index in [-0.39, 0.29) is 12.4 Å². The van der Waals surface area contributed by atoms with Crippen LogP contribution in [0.3, 0.4) is 0 Å². The van der Waals surface area contributed by atoms with Crippen molar-refractivity contribution in [2.45, 2.75) is 6.61 Å². The Labute approximate surface area is 131 Å². The highest BCUT2D eigenvalue weighted by molar-refractivity contribution is 5.65. The van der Waals surface area contributed by atoms with E-state index >= 15 is 0 Å². The Kier molecular flexibility index (Phi) is 3.20. The van der Waals surface area contributed by atoms with Gasteiger partial charge in [0.1, 0.15) is 29.6 Å². The molecule has 4 nitrogen and oxygen atoms in total. The summed E-state index contributed by atoms with van der Waals surface area (Å²) in [5.74, 6) is 0.947. The molecule has 3 heterocycles. The zero-order valence-electron chi connectivity index (χ0n) is 12.1. The van der Waals surface area contributed by atoms with E-state index in [1.807, 2.05) is 35.0 Å². The topological polar surface area (TPSA) is 50.7 Å². The molecule has 23 heavy (non-hydrogen) atoms. The summed E-state index contributed by atoms with van der Waals surface area (Å²) in [5, 5.41) is 9.08. The van der Waals surface area contributed by atoms with Crippen molar-refractivity contribution >= 4 is 5.65 Å². The predicted molar refractivity (Wildman–Crippen MR) is 84.2 cm³/mol. The maximum atomic E-state index is 13.0. The van der Waals surface area contributed by atoms with E-state index in [0.29, 0.717) is 11.5 Å². The highest BCUT2D eigenvalue weighted by Crippen LogP contribution is 2.25. The molecule has 0 radical (unpaired) electrons. The Morgan fingerprint density at radius 3 is 2.48 bits per heavy atom. The van der Waals surface area contributed by atoms with Gasteiger partial charge in [0.05, 0.1) is 5.69 Å². The molecule has 4 rings (SSSR count). The van der Waals surface area contributed by atoms with E-state index in [4.69, 9.17) is 9.52 Å². The number of benzene rings is 1. The van der Waals surface area contributed by atoms with Gasteiger partial charge in [0, 0.05) is 23.5 Å². The SMILES string of the molecule is OCc1ccc(-c2ccc3nc(-c4ccc(F)cc4)cn3c2)o1. The summed E-state index contributed by atoms with van der Waals surface area (Å²) in [6.45, 7) is -0.123. The predicted octanol–water partition coefficient (Wildman–Crippen LogP) is 3.89. The van der Waals surface area contributed by atoms with Crippen LogP contribution in [0.4, 0.5) is 4.39 Å². The van der Waals surface area contributed by atoms with Crippen LogP contribution in [0, 0.1) is 5.82 Å². The second-order valence-corrected chi connectivity index (χ2v) is 5.24. The molecule has 0 saturated heterocycles. The summed E-state index contributed by atoms with van der Waals surface area (Å²) in [4.78, 5) is 4.54. The van der Waals surface area contributed by atoms with Crippen LogP contribution in [0.25, 0.3) is 28.2 Å². The van der Waals surface area contributed by atoms with Gasteiger partial charge in [-0.25, -0.2) is 9.37 Å². The van der Waals surface area contributed by atoms with Gasteiger partial charge in [0.2, 0.25) is 0 Å². The first-order chi connectivity index (χ1) is 11.2. The monoisotopic (exact) mass is 308 g/mol. The van der Waals surface area contributed by atoms with Crippen LogP contribution in [0.2, 0.25) is 0 Å². The van der Waals surface area contributed by atoms with E-state index in [2.05, 4.69) is 4.98 Å². The zero-order chi connectivity index (χ0) is 15.8. The summed E-state index contributed by atoms with van der Waals surface area (Å²) in [7, 11) is 0. The quantitative estimate of drug-likeness (QED) is 0.624. The molecule has 0 bridgehead atoms. The van der Waals surface area contributed by atoms with Gasteiger partial charge in [-0.15, -0.1) is 0 Å². The Bertz CT molecular complexity index is 970. The number of rotatable bonds is 3. The normalized spacial score (nSPS) is 11.2. The Morgan fingerprint density at radius 1 is 0.957 bits per heavy atom. The standard InChI is InChI=1S/C18H13FN2O2/c19-14-4-1-12(2-5-14)16-10-21-9-13(3-8-18(21)20-16)17-7-6-15(11-22)23-17/h1-10,22H,11H2. The fraction of sp³-hybridized carbons (Fsp3) is 0.0556. The van der Waals surface area contributed by atoms with Crippen LogP contribution in [0.1, 0.15) is 5.76 Å². The average Bonchev–Trinajstić information content (AvgIpc) is 3.21. The molecule has 0 fully saturated rings. The number of fused-ring (bicyclic) bond motifs is 1. The molecule has 4 aromatic rings. The van der Waals surface area contributed by atoms with Crippen molar-refractivity contribution in [2.75, 3.05) is 0 Å². The van der Waals surface area contributed by atoms with Gasteiger partial charge in [0.25, 0.3) is 0 Å². The molecule has 0 aliphatic rings. The average molecular weight is 308 g/mol. The van der Waals surface area contributed by atoms with Crippen LogP contribution in [-0.4, -0.2) is 14.5 Å². The molecule has 0 aliphatic carbocycles. The number of pyridine rings is 1. The molecular weight excluding hydrogens is 295 g/mol. The third-order valence-corrected chi connectivity index (χ3v) is 3.69. The Hall–Kier alpha value is -2.92. The fourth-order valence-electron chi connectivity index (χ4n) is 2.52. The molecule has 1 N–H and O–H groups in total. The smallest absolute Gasteiger partial charge is 0.137 e. The van der Waals surface area contributed by atoms with Crippen molar-refractivity contribution in [3.8, 4) is 22.6 Å². The first-order valence-electron chi connectivity index (χ1n) is 7.17. The molecule has 0 atom stereocenters. The lowest BCUT2D eigenvalue weighted by molar-refractivity contribution is 0.248. The van der Waals surface area contributed by atoms with Gasteiger partial charge in [-0.05, 0) is 48.5 Å². The lowest BCUT2D eigenvalue weighted by atomic mass is 10.2. The van der Waals surface area contributed by atoms with E-state index in [9.17, 15) is 4.39 Å². The number of halogens is 1. The largest absolute Gasteiger partial charge is 0.459 e. The number of imidazole rings is 1. The summed E-state index contributed by atoms with van der Waals surface area (Å²) in [5.41, 5.74) is 3.32. The van der Waals surface area contributed by atoms with Crippen molar-refractivity contribution in [1.82, 2.24) is 9.38 Å². The van der Waals surface area contributed by atoms with E-state index in [1.54, 1.807) is 18.2 Å². The third-order valence-electron chi connectivity index (χ3n) is 3.69. The minimum atomic E-state index is -0.266. The Balaban J connectivity index is 1.75. The maximum Gasteiger partial charge on any atom is 0.137 e. The van der Waals surface area contributed by atoms with E-state index in [0.717, 1.165) is 22.5 Å². The number of hydrogen-bond acceptors (Lipinski definition) is 3. The highest BCUT2D eigenvalue weighted by atomic mass is 19.1. The van der Waals surface area contributed by atoms with Crippen LogP contribution in [-0.2, 0) is 6.61 Å². The molecule has 0 saturated carbocycles. The molecule has 3 aromatic heterocycles. The van der Waals surface area contributed by atoms with Crippen LogP contribution >= 0.6 is 0 Å². The first kappa shape index (κ1) is 13.7. The van der Waals surface area contributed by atoms with Gasteiger partial charge < -0.3 is 13.9 Å². The lowest BCUT2D eigenvalue weighted by Crippen LogP contribution is -1.84. The number of aliphatic hydroxyl groups is 1. The van der Waals surface area contributed by atoms with Gasteiger partial charge in [0.15, 0.2) is 0 Å². The number of furan rings is 1. The molecule has 1 aromatic carbocycles. The van der Waals surface area contributed by atoms with E-state index < -0.39 is 0 Å². The zero-order valence-corrected chi connectivity index (χ0v) is 12.1. The molecule has 0 aliphatic heterocycles. The van der Waals surface area contributed by atoms with Crippen LogP contribution in [0.5, 0.6) is 0 Å². The summed E-state index contributed by atoms with van der Waals surface area (Å²) in [6.07, 6.45) is 3.80. The fourth-order valence-corrected chi connectivity index (χ4v) is 2.52.